The molecule has 0 N–H and O–H groups in total. The van der Waals surface area contributed by atoms with Crippen molar-refractivity contribution in [1.82, 2.24) is 9.55 Å². The van der Waals surface area contributed by atoms with Gasteiger partial charge >= 0.3 is 0 Å². The van der Waals surface area contributed by atoms with E-state index in [0.29, 0.717) is 18.2 Å². The van der Waals surface area contributed by atoms with Gasteiger partial charge < -0.3 is 9.30 Å². The molecule has 0 aliphatic heterocycles. The Morgan fingerprint density at radius 3 is 2.67 bits per heavy atom. The number of aromatic nitrogens is 2. The van der Waals surface area contributed by atoms with E-state index in [1.165, 1.54) is 0 Å². The number of hydrogen-bond donors (Lipinski definition) is 0. The van der Waals surface area contributed by atoms with Crippen LogP contribution in [-0.4, -0.2) is 9.55 Å². The van der Waals surface area contributed by atoms with Crippen molar-refractivity contribution < 1.29 is 4.74 Å². The second kappa shape index (κ2) is 5.37. The molecule has 2 rings (SSSR count). The van der Waals surface area contributed by atoms with Crippen molar-refractivity contribution in [3.05, 3.63) is 48.0 Å². The standard InChI is InChI=1S/C14H15N3O/c1-11(2)17-10-16-8-13(17)9-18-14-5-3-12(7-15)4-6-14/h3-6,8,10-11H,9H2,1-2H3. The summed E-state index contributed by atoms with van der Waals surface area (Å²) in [5, 5.41) is 8.70. The number of benzene rings is 1. The van der Waals surface area contributed by atoms with Crippen LogP contribution in [0.1, 0.15) is 31.1 Å². The van der Waals surface area contributed by atoms with Crippen molar-refractivity contribution >= 4 is 0 Å². The van der Waals surface area contributed by atoms with Crippen LogP contribution >= 0.6 is 0 Å². The van der Waals surface area contributed by atoms with Crippen LogP contribution < -0.4 is 4.74 Å². The first-order valence-electron chi connectivity index (χ1n) is 5.84. The van der Waals surface area contributed by atoms with Crippen molar-refractivity contribution in [2.75, 3.05) is 0 Å². The third kappa shape index (κ3) is 2.69. The summed E-state index contributed by atoms with van der Waals surface area (Å²) in [5.74, 6) is 0.755. The molecule has 0 saturated carbocycles. The topological polar surface area (TPSA) is 50.8 Å². The molecular formula is C14H15N3O. The lowest BCUT2D eigenvalue weighted by molar-refractivity contribution is 0.292. The Morgan fingerprint density at radius 2 is 2.06 bits per heavy atom. The lowest BCUT2D eigenvalue weighted by atomic mass is 10.2. The highest BCUT2D eigenvalue weighted by molar-refractivity contribution is 5.34. The maximum atomic E-state index is 8.70. The summed E-state index contributed by atoms with van der Waals surface area (Å²) in [6.45, 7) is 4.68. The third-order valence-corrected chi connectivity index (χ3v) is 2.67. The summed E-state index contributed by atoms with van der Waals surface area (Å²) < 4.78 is 7.74. The smallest absolute Gasteiger partial charge is 0.130 e. The number of nitrogens with zero attached hydrogens (tertiary/aromatic N) is 3. The maximum Gasteiger partial charge on any atom is 0.130 e. The number of rotatable bonds is 4. The Labute approximate surface area is 106 Å². The second-order valence-electron chi connectivity index (χ2n) is 4.31. The molecule has 18 heavy (non-hydrogen) atoms. The molecule has 1 aromatic heterocycles. The predicted molar refractivity (Wildman–Crippen MR) is 68.1 cm³/mol. The largest absolute Gasteiger partial charge is 0.487 e. The van der Waals surface area contributed by atoms with Gasteiger partial charge in [0.05, 0.1) is 29.9 Å². The van der Waals surface area contributed by atoms with E-state index in [9.17, 15) is 0 Å². The van der Waals surface area contributed by atoms with E-state index in [-0.39, 0.29) is 0 Å². The number of ether oxygens (including phenoxy) is 1. The zero-order valence-electron chi connectivity index (χ0n) is 10.5. The van der Waals surface area contributed by atoms with Crippen LogP contribution in [0.3, 0.4) is 0 Å². The first kappa shape index (κ1) is 12.2. The minimum Gasteiger partial charge on any atom is -0.487 e. The molecular weight excluding hydrogens is 226 g/mol. The molecule has 0 fully saturated rings. The summed E-state index contributed by atoms with van der Waals surface area (Å²) >= 11 is 0. The molecule has 92 valence electrons. The molecule has 0 aliphatic carbocycles. The van der Waals surface area contributed by atoms with Gasteiger partial charge in [0.15, 0.2) is 0 Å². The monoisotopic (exact) mass is 241 g/mol. The summed E-state index contributed by atoms with van der Waals surface area (Å²) in [6, 6.07) is 9.54. The molecule has 0 atom stereocenters. The molecule has 0 unspecified atom stereocenters. The normalized spacial score (nSPS) is 10.3. The zero-order valence-corrected chi connectivity index (χ0v) is 10.5. The lowest BCUT2D eigenvalue weighted by Crippen LogP contribution is -2.07. The van der Waals surface area contributed by atoms with Crippen molar-refractivity contribution in [3.8, 4) is 11.8 Å². The van der Waals surface area contributed by atoms with Gasteiger partial charge in [-0.3, -0.25) is 0 Å². The molecule has 1 aromatic carbocycles. The maximum absolute atomic E-state index is 8.70. The van der Waals surface area contributed by atoms with Gasteiger partial charge in [-0.25, -0.2) is 4.98 Å². The van der Waals surface area contributed by atoms with Crippen LogP contribution in [0.2, 0.25) is 0 Å². The predicted octanol–water partition coefficient (Wildman–Crippen LogP) is 2.91. The minimum absolute atomic E-state index is 0.368. The summed E-state index contributed by atoms with van der Waals surface area (Å²) in [4.78, 5) is 4.12. The van der Waals surface area contributed by atoms with Gasteiger partial charge in [0.25, 0.3) is 0 Å². The van der Waals surface area contributed by atoms with E-state index in [4.69, 9.17) is 10.00 Å². The lowest BCUT2D eigenvalue weighted by Gasteiger charge is -2.12. The van der Waals surface area contributed by atoms with Gasteiger partial charge in [-0.05, 0) is 38.1 Å². The van der Waals surface area contributed by atoms with E-state index in [0.717, 1.165) is 11.4 Å². The summed E-state index contributed by atoms with van der Waals surface area (Å²) in [6.07, 6.45) is 3.62. The number of hydrogen-bond acceptors (Lipinski definition) is 3. The van der Waals surface area contributed by atoms with Gasteiger partial charge in [0.2, 0.25) is 0 Å². The SMILES string of the molecule is CC(C)n1cncc1COc1ccc(C#N)cc1. The highest BCUT2D eigenvalue weighted by Crippen LogP contribution is 2.15. The Kier molecular flexibility index (Phi) is 3.63. The van der Waals surface area contributed by atoms with Gasteiger partial charge in [-0.15, -0.1) is 0 Å². The van der Waals surface area contributed by atoms with E-state index in [1.807, 2.05) is 12.5 Å². The molecule has 4 nitrogen and oxygen atoms in total. The van der Waals surface area contributed by atoms with E-state index in [2.05, 4.69) is 29.5 Å². The van der Waals surface area contributed by atoms with Crippen LogP contribution in [0.15, 0.2) is 36.8 Å². The molecule has 0 saturated heterocycles. The molecule has 4 heteroatoms. The molecule has 0 bridgehead atoms. The number of nitriles is 1. The molecule has 2 aromatic rings. The van der Waals surface area contributed by atoms with Crippen LogP contribution in [0.25, 0.3) is 0 Å². The van der Waals surface area contributed by atoms with Crippen LogP contribution in [0, 0.1) is 11.3 Å². The van der Waals surface area contributed by atoms with Gasteiger partial charge in [-0.1, -0.05) is 0 Å². The quantitative estimate of drug-likeness (QED) is 0.827. The van der Waals surface area contributed by atoms with E-state index in [1.54, 1.807) is 24.3 Å². The second-order valence-corrected chi connectivity index (χ2v) is 4.31. The molecule has 0 radical (unpaired) electrons. The van der Waals surface area contributed by atoms with Gasteiger partial charge in [0.1, 0.15) is 12.4 Å². The Balaban J connectivity index is 2.02. The van der Waals surface area contributed by atoms with Crippen molar-refractivity contribution in [1.29, 1.82) is 5.26 Å². The first-order valence-corrected chi connectivity index (χ1v) is 5.84. The zero-order chi connectivity index (χ0) is 13.0. The number of imidazole rings is 1. The Bertz CT molecular complexity index is 549. The van der Waals surface area contributed by atoms with Crippen molar-refractivity contribution in [3.63, 3.8) is 0 Å². The van der Waals surface area contributed by atoms with Crippen LogP contribution in [0.5, 0.6) is 5.75 Å². The Morgan fingerprint density at radius 1 is 1.33 bits per heavy atom. The van der Waals surface area contributed by atoms with Crippen LogP contribution in [0.4, 0.5) is 0 Å². The minimum atomic E-state index is 0.368. The first-order chi connectivity index (χ1) is 8.70. The molecule has 0 amide bonds. The van der Waals surface area contributed by atoms with E-state index >= 15 is 0 Å². The summed E-state index contributed by atoms with van der Waals surface area (Å²) in [5.41, 5.74) is 1.67. The van der Waals surface area contributed by atoms with Crippen molar-refractivity contribution in [2.24, 2.45) is 0 Å². The summed E-state index contributed by atoms with van der Waals surface area (Å²) in [7, 11) is 0. The highest BCUT2D eigenvalue weighted by Gasteiger charge is 2.05. The highest BCUT2D eigenvalue weighted by atomic mass is 16.5. The van der Waals surface area contributed by atoms with E-state index < -0.39 is 0 Å². The van der Waals surface area contributed by atoms with Crippen LogP contribution in [-0.2, 0) is 6.61 Å². The molecule has 0 spiro atoms. The fourth-order valence-electron chi connectivity index (χ4n) is 1.69. The molecule has 1 heterocycles. The average molecular weight is 241 g/mol. The fraction of sp³-hybridized carbons (Fsp3) is 0.286. The molecule has 0 aliphatic rings. The Hall–Kier alpha value is -2.28. The van der Waals surface area contributed by atoms with Gasteiger partial charge in [-0.2, -0.15) is 5.26 Å². The fourth-order valence-corrected chi connectivity index (χ4v) is 1.69. The van der Waals surface area contributed by atoms with Gasteiger partial charge in [0, 0.05) is 6.04 Å². The average Bonchev–Trinajstić information content (AvgIpc) is 2.85. The third-order valence-electron chi connectivity index (χ3n) is 2.67. The van der Waals surface area contributed by atoms with Crippen molar-refractivity contribution in [2.45, 2.75) is 26.5 Å².